The zero-order valence-electron chi connectivity index (χ0n) is 20.4. The third kappa shape index (κ3) is 5.98. The number of thiocarbonyl (C=S) groups is 2. The average molecular weight is 587 g/mol. The van der Waals surface area contributed by atoms with Crippen LogP contribution < -0.4 is 9.80 Å². The average Bonchev–Trinajstić information content (AvgIpc) is 3.34. The summed E-state index contributed by atoms with van der Waals surface area (Å²) < 4.78 is 10.5. The molecule has 8 nitrogen and oxygen atoms in total. The number of carbonyl (C=O) groups excluding carboxylic acids is 4. The number of anilines is 2. The van der Waals surface area contributed by atoms with E-state index in [1.54, 1.807) is 62.4 Å². The Hall–Kier alpha value is -3.06. The monoisotopic (exact) mass is 586 g/mol. The molecule has 2 heterocycles. The zero-order chi connectivity index (χ0) is 27.4. The third-order valence-corrected chi connectivity index (χ3v) is 8.32. The molecule has 0 unspecified atom stereocenters. The molecule has 12 heteroatoms. The molecule has 0 N–H and O–H groups in total. The summed E-state index contributed by atoms with van der Waals surface area (Å²) in [5.41, 5.74) is 2.55. The van der Waals surface area contributed by atoms with E-state index in [1.165, 1.54) is 9.80 Å². The Balaban J connectivity index is 1.52. The van der Waals surface area contributed by atoms with Crippen LogP contribution in [0, 0.1) is 0 Å². The molecule has 2 aromatic carbocycles. The number of rotatable bonds is 8. The van der Waals surface area contributed by atoms with E-state index in [9.17, 15) is 19.2 Å². The summed E-state index contributed by atoms with van der Waals surface area (Å²) in [4.78, 5) is 53.3. The summed E-state index contributed by atoms with van der Waals surface area (Å²) in [5, 5.41) is 0. The molecule has 2 fully saturated rings. The number of carbonyl (C=O) groups is 4. The molecule has 4 rings (SSSR count). The van der Waals surface area contributed by atoms with E-state index < -0.39 is 11.8 Å². The van der Waals surface area contributed by atoms with Gasteiger partial charge in [0.2, 0.25) is 0 Å². The van der Waals surface area contributed by atoms with E-state index in [-0.39, 0.29) is 43.2 Å². The fraction of sp³-hybridized carbons (Fsp3) is 0.231. The predicted molar refractivity (Wildman–Crippen MR) is 156 cm³/mol. The van der Waals surface area contributed by atoms with Gasteiger partial charge in [-0.05, 0) is 49.2 Å². The number of hydrogen-bond acceptors (Lipinski definition) is 10. The van der Waals surface area contributed by atoms with Crippen molar-refractivity contribution in [1.82, 2.24) is 0 Å². The van der Waals surface area contributed by atoms with Crippen molar-refractivity contribution in [1.29, 1.82) is 0 Å². The van der Waals surface area contributed by atoms with Crippen LogP contribution in [0.4, 0.5) is 11.4 Å². The van der Waals surface area contributed by atoms with Crippen molar-refractivity contribution in [2.75, 3.05) is 23.0 Å². The molecule has 2 aliphatic heterocycles. The van der Waals surface area contributed by atoms with Crippen molar-refractivity contribution in [3.05, 3.63) is 69.5 Å². The fourth-order valence-corrected chi connectivity index (χ4v) is 6.49. The predicted octanol–water partition coefficient (Wildman–Crippen LogP) is 4.54. The van der Waals surface area contributed by atoms with Gasteiger partial charge in [-0.2, -0.15) is 0 Å². The molecule has 196 valence electrons. The zero-order valence-corrected chi connectivity index (χ0v) is 23.7. The first-order chi connectivity index (χ1) is 18.2. The van der Waals surface area contributed by atoms with Crippen molar-refractivity contribution in [2.24, 2.45) is 0 Å². The number of amides is 2. The maximum Gasteiger partial charge on any atom is 0.310 e. The van der Waals surface area contributed by atoms with Crippen LogP contribution in [0.3, 0.4) is 0 Å². The van der Waals surface area contributed by atoms with Crippen LogP contribution in [0.15, 0.2) is 58.3 Å². The second-order valence-corrected chi connectivity index (χ2v) is 11.3. The van der Waals surface area contributed by atoms with Crippen LogP contribution in [-0.2, 0) is 41.5 Å². The summed E-state index contributed by atoms with van der Waals surface area (Å²) in [5.74, 6) is -1.49. The molecule has 0 atom stereocenters. The number of nitrogens with zero attached hydrogens (tertiary/aromatic N) is 2. The lowest BCUT2D eigenvalue weighted by molar-refractivity contribution is -0.143. The molecule has 0 aromatic heterocycles. The van der Waals surface area contributed by atoms with E-state index in [1.807, 2.05) is 0 Å². The minimum Gasteiger partial charge on any atom is -0.466 e. The second kappa shape index (κ2) is 12.2. The largest absolute Gasteiger partial charge is 0.466 e. The highest BCUT2D eigenvalue weighted by molar-refractivity contribution is 8.30. The first-order valence-electron chi connectivity index (χ1n) is 11.6. The number of thioether (sulfide) groups is 2. The van der Waals surface area contributed by atoms with Crippen LogP contribution in [0.5, 0.6) is 0 Å². The summed E-state index contributed by atoms with van der Waals surface area (Å²) >= 11 is 13.0. The van der Waals surface area contributed by atoms with E-state index >= 15 is 0 Å². The number of hydrogen-bond donors (Lipinski definition) is 0. The van der Waals surface area contributed by atoms with Gasteiger partial charge < -0.3 is 9.47 Å². The quantitative estimate of drug-likeness (QED) is 0.249. The summed E-state index contributed by atoms with van der Waals surface area (Å²) in [6, 6.07) is 13.7. The van der Waals surface area contributed by atoms with Gasteiger partial charge in [-0.3, -0.25) is 29.0 Å². The van der Waals surface area contributed by atoms with Gasteiger partial charge in [0.25, 0.3) is 11.8 Å². The smallest absolute Gasteiger partial charge is 0.310 e. The lowest BCUT2D eigenvalue weighted by Gasteiger charge is -2.15. The number of benzene rings is 2. The Morgan fingerprint density at radius 1 is 0.684 bits per heavy atom. The molecule has 0 aliphatic carbocycles. The standard InChI is InChI=1S/C26H22N2O6S4/c1-3-33-19(29)13-15-5-9-17(10-6-15)27-23(31)21(37-25(27)35)22-24(32)28(26(36)38-22)18-11-7-16(8-12-18)14-20(30)34-4-2/h5-12H,3-4,13-14H2,1-2H3. The molecular formula is C26H22N2O6S4. The molecule has 0 saturated carbocycles. The van der Waals surface area contributed by atoms with Crippen LogP contribution in [-0.4, -0.2) is 45.6 Å². The lowest BCUT2D eigenvalue weighted by Crippen LogP contribution is -2.29. The van der Waals surface area contributed by atoms with Gasteiger partial charge in [0.15, 0.2) is 8.64 Å². The molecule has 0 radical (unpaired) electrons. The molecule has 38 heavy (non-hydrogen) atoms. The highest BCUT2D eigenvalue weighted by atomic mass is 32.2. The highest BCUT2D eigenvalue weighted by Crippen LogP contribution is 2.44. The normalized spacial score (nSPS) is 17.4. The summed E-state index contributed by atoms with van der Waals surface area (Å²) in [6.45, 7) is 4.10. The van der Waals surface area contributed by atoms with Crippen LogP contribution >= 0.6 is 48.0 Å². The number of ether oxygens (including phenoxy) is 2. The molecule has 2 aliphatic rings. The van der Waals surface area contributed by atoms with Gasteiger partial charge in [0, 0.05) is 0 Å². The maximum atomic E-state index is 13.4. The minimum absolute atomic E-state index is 0.124. The minimum atomic E-state index is -0.413. The van der Waals surface area contributed by atoms with Crippen LogP contribution in [0.25, 0.3) is 0 Å². The van der Waals surface area contributed by atoms with Crippen molar-refractivity contribution in [2.45, 2.75) is 26.7 Å². The summed E-state index contributed by atoms with van der Waals surface area (Å²) in [7, 11) is 0. The van der Waals surface area contributed by atoms with Gasteiger partial charge in [-0.25, -0.2) is 0 Å². The summed E-state index contributed by atoms with van der Waals surface area (Å²) in [6.07, 6.45) is 0.248. The SMILES string of the molecule is CCOC(=O)Cc1ccc(N2C(=O)C(=C3SC(=S)N(c4ccc(CC(=O)OCC)cc4)C3=O)SC2=S)cc1. The first-order valence-corrected chi connectivity index (χ1v) is 14.0. The van der Waals surface area contributed by atoms with Crippen molar-refractivity contribution < 1.29 is 28.7 Å². The van der Waals surface area contributed by atoms with Crippen molar-refractivity contribution in [3.8, 4) is 0 Å². The maximum absolute atomic E-state index is 13.4. The Morgan fingerprint density at radius 3 is 1.34 bits per heavy atom. The van der Waals surface area contributed by atoms with Gasteiger partial charge in [-0.15, -0.1) is 0 Å². The van der Waals surface area contributed by atoms with Gasteiger partial charge in [-0.1, -0.05) is 72.2 Å². The van der Waals surface area contributed by atoms with E-state index in [0.717, 1.165) is 34.7 Å². The van der Waals surface area contributed by atoms with Gasteiger partial charge in [0.1, 0.15) is 0 Å². The van der Waals surface area contributed by atoms with Gasteiger partial charge >= 0.3 is 11.9 Å². The Labute approximate surface area is 238 Å². The molecule has 2 amide bonds. The Morgan fingerprint density at radius 2 is 1.03 bits per heavy atom. The van der Waals surface area contributed by atoms with Crippen molar-refractivity contribution >= 4 is 91.7 Å². The van der Waals surface area contributed by atoms with Crippen LogP contribution in [0.2, 0.25) is 0 Å². The molecule has 2 saturated heterocycles. The Kier molecular flexibility index (Phi) is 8.98. The lowest BCUT2D eigenvalue weighted by atomic mass is 10.1. The second-order valence-electron chi connectivity index (χ2n) is 7.97. The van der Waals surface area contributed by atoms with Crippen molar-refractivity contribution in [3.63, 3.8) is 0 Å². The van der Waals surface area contributed by atoms with E-state index in [0.29, 0.717) is 24.6 Å². The molecule has 0 spiro atoms. The van der Waals surface area contributed by atoms with Gasteiger partial charge in [0.05, 0.1) is 47.2 Å². The topological polar surface area (TPSA) is 93.2 Å². The molecular weight excluding hydrogens is 565 g/mol. The highest BCUT2D eigenvalue weighted by Gasteiger charge is 2.43. The molecule has 0 bridgehead atoms. The molecule has 2 aromatic rings. The Bertz CT molecular complexity index is 1250. The van der Waals surface area contributed by atoms with Crippen LogP contribution in [0.1, 0.15) is 25.0 Å². The number of esters is 2. The van der Waals surface area contributed by atoms with E-state index in [4.69, 9.17) is 33.9 Å². The van der Waals surface area contributed by atoms with E-state index in [2.05, 4.69) is 0 Å². The first kappa shape index (κ1) is 28.0. The third-order valence-electron chi connectivity index (χ3n) is 5.44. The fourth-order valence-electron chi connectivity index (χ4n) is 3.74.